The number of carboxylic acid groups (broad SMARTS) is 1. The van der Waals surface area contributed by atoms with E-state index in [1.165, 1.54) is 11.1 Å². The van der Waals surface area contributed by atoms with Crippen LogP contribution in [-0.4, -0.2) is 23.2 Å². The van der Waals surface area contributed by atoms with Crippen molar-refractivity contribution in [2.24, 2.45) is 0 Å². The molecule has 0 saturated heterocycles. The number of benzene rings is 1. The summed E-state index contributed by atoms with van der Waals surface area (Å²) >= 11 is 5.96. The average Bonchev–Trinajstić information content (AvgIpc) is 2.69. The predicted molar refractivity (Wildman–Crippen MR) is 72.1 cm³/mol. The molecule has 0 bridgehead atoms. The van der Waals surface area contributed by atoms with E-state index in [0.29, 0.717) is 6.42 Å². The minimum absolute atomic E-state index is 0.214. The smallest absolute Gasteiger partial charge is 0.320 e. The lowest BCUT2D eigenvalue weighted by molar-refractivity contribution is -0.139. The Hall–Kier alpha value is -1.06. The summed E-state index contributed by atoms with van der Waals surface area (Å²) in [6.07, 6.45) is 3.29. The highest BCUT2D eigenvalue weighted by atomic mass is 35.5. The highest BCUT2D eigenvalue weighted by Gasteiger charge is 2.26. The van der Waals surface area contributed by atoms with Crippen LogP contribution in [0.25, 0.3) is 0 Å². The standard InChI is InChI=1S/C14H18ClNO2/c1-2-3-13(14(17)18)16-12-7-9-4-5-11(15)6-10(9)8-12/h4-6,12-13,16H,2-3,7-8H2,1H3,(H,17,18). The van der Waals surface area contributed by atoms with Crippen LogP contribution in [0.3, 0.4) is 0 Å². The molecule has 18 heavy (non-hydrogen) atoms. The number of nitrogens with one attached hydrogen (secondary N) is 1. The third kappa shape index (κ3) is 3.03. The zero-order chi connectivity index (χ0) is 13.1. The summed E-state index contributed by atoms with van der Waals surface area (Å²) in [7, 11) is 0. The first-order chi connectivity index (χ1) is 8.60. The summed E-state index contributed by atoms with van der Waals surface area (Å²) in [6, 6.07) is 5.68. The summed E-state index contributed by atoms with van der Waals surface area (Å²) in [5.74, 6) is -0.758. The molecular weight excluding hydrogens is 250 g/mol. The second-order valence-corrected chi connectivity index (χ2v) is 5.30. The Bertz CT molecular complexity index is 447. The first kappa shape index (κ1) is 13.4. The molecule has 1 aliphatic carbocycles. The van der Waals surface area contributed by atoms with Crippen LogP contribution in [0.5, 0.6) is 0 Å². The van der Waals surface area contributed by atoms with Crippen LogP contribution in [0.1, 0.15) is 30.9 Å². The Morgan fingerprint density at radius 1 is 1.50 bits per heavy atom. The van der Waals surface area contributed by atoms with E-state index in [4.69, 9.17) is 16.7 Å². The lowest BCUT2D eigenvalue weighted by atomic mass is 10.1. The Labute approximate surface area is 112 Å². The third-order valence-electron chi connectivity index (χ3n) is 3.41. The molecule has 0 aromatic heterocycles. The van der Waals surface area contributed by atoms with E-state index in [1.54, 1.807) is 0 Å². The molecule has 0 radical (unpaired) electrons. The normalized spacial score (nSPS) is 19.6. The van der Waals surface area contributed by atoms with Gasteiger partial charge in [-0.25, -0.2) is 0 Å². The first-order valence-electron chi connectivity index (χ1n) is 6.36. The summed E-state index contributed by atoms with van der Waals surface area (Å²) < 4.78 is 0. The fraction of sp³-hybridized carbons (Fsp3) is 0.500. The molecule has 2 atom stereocenters. The van der Waals surface area contributed by atoms with E-state index in [0.717, 1.165) is 24.3 Å². The number of hydrogen-bond acceptors (Lipinski definition) is 2. The van der Waals surface area contributed by atoms with Crippen molar-refractivity contribution >= 4 is 17.6 Å². The van der Waals surface area contributed by atoms with E-state index in [-0.39, 0.29) is 6.04 Å². The molecule has 0 fully saturated rings. The van der Waals surface area contributed by atoms with Crippen LogP contribution in [0.15, 0.2) is 18.2 Å². The highest BCUT2D eigenvalue weighted by Crippen LogP contribution is 2.25. The van der Waals surface area contributed by atoms with Crippen LogP contribution in [0.2, 0.25) is 5.02 Å². The van der Waals surface area contributed by atoms with E-state index in [1.807, 2.05) is 25.1 Å². The van der Waals surface area contributed by atoms with Gasteiger partial charge in [0, 0.05) is 11.1 Å². The van der Waals surface area contributed by atoms with Crippen molar-refractivity contribution in [1.82, 2.24) is 5.32 Å². The van der Waals surface area contributed by atoms with Crippen LogP contribution in [0, 0.1) is 0 Å². The number of hydrogen-bond donors (Lipinski definition) is 2. The molecule has 0 aliphatic heterocycles. The van der Waals surface area contributed by atoms with Gasteiger partial charge in [0.05, 0.1) is 0 Å². The van der Waals surface area contributed by atoms with Crippen LogP contribution >= 0.6 is 11.6 Å². The van der Waals surface area contributed by atoms with Crippen molar-refractivity contribution < 1.29 is 9.90 Å². The van der Waals surface area contributed by atoms with Crippen molar-refractivity contribution in [3.05, 3.63) is 34.3 Å². The van der Waals surface area contributed by atoms with Gasteiger partial charge in [0.2, 0.25) is 0 Å². The maximum absolute atomic E-state index is 11.1. The average molecular weight is 268 g/mol. The van der Waals surface area contributed by atoms with Crippen molar-refractivity contribution in [2.75, 3.05) is 0 Å². The van der Waals surface area contributed by atoms with Gasteiger partial charge in [-0.1, -0.05) is 31.0 Å². The maximum atomic E-state index is 11.1. The molecule has 4 heteroatoms. The Kier molecular flexibility index (Phi) is 4.25. The molecule has 2 unspecified atom stereocenters. The molecule has 0 saturated carbocycles. The van der Waals surface area contributed by atoms with E-state index in [2.05, 4.69) is 5.32 Å². The number of carboxylic acids is 1. The Morgan fingerprint density at radius 2 is 2.22 bits per heavy atom. The predicted octanol–water partition coefficient (Wildman–Crippen LogP) is 2.65. The topological polar surface area (TPSA) is 49.3 Å². The minimum atomic E-state index is -0.758. The van der Waals surface area contributed by atoms with Crippen molar-refractivity contribution in [1.29, 1.82) is 0 Å². The minimum Gasteiger partial charge on any atom is -0.480 e. The van der Waals surface area contributed by atoms with Gasteiger partial charge in [-0.05, 0) is 42.5 Å². The molecule has 98 valence electrons. The van der Waals surface area contributed by atoms with Crippen LogP contribution in [0.4, 0.5) is 0 Å². The molecule has 1 aromatic rings. The first-order valence-corrected chi connectivity index (χ1v) is 6.74. The van der Waals surface area contributed by atoms with Gasteiger partial charge in [0.1, 0.15) is 6.04 Å². The molecule has 0 amide bonds. The zero-order valence-corrected chi connectivity index (χ0v) is 11.2. The molecule has 3 nitrogen and oxygen atoms in total. The Balaban J connectivity index is 2.00. The summed E-state index contributed by atoms with van der Waals surface area (Å²) in [5, 5.41) is 13.1. The fourth-order valence-corrected chi connectivity index (χ4v) is 2.75. The number of aliphatic carboxylic acids is 1. The van der Waals surface area contributed by atoms with Gasteiger partial charge in [0.15, 0.2) is 0 Å². The summed E-state index contributed by atoms with van der Waals surface area (Å²) in [4.78, 5) is 11.1. The molecule has 2 N–H and O–H groups in total. The lowest BCUT2D eigenvalue weighted by Gasteiger charge is -2.18. The quantitative estimate of drug-likeness (QED) is 0.862. The monoisotopic (exact) mass is 267 g/mol. The molecule has 1 aromatic carbocycles. The molecule has 0 heterocycles. The molecule has 1 aliphatic rings. The van der Waals surface area contributed by atoms with Crippen LogP contribution in [-0.2, 0) is 17.6 Å². The molecule has 2 rings (SSSR count). The van der Waals surface area contributed by atoms with Crippen molar-refractivity contribution in [3.63, 3.8) is 0 Å². The number of halogens is 1. The lowest BCUT2D eigenvalue weighted by Crippen LogP contribution is -2.43. The van der Waals surface area contributed by atoms with Crippen LogP contribution < -0.4 is 5.32 Å². The van der Waals surface area contributed by atoms with Gasteiger partial charge >= 0.3 is 5.97 Å². The highest BCUT2D eigenvalue weighted by molar-refractivity contribution is 6.30. The number of fused-ring (bicyclic) bond motifs is 1. The molecule has 0 spiro atoms. The zero-order valence-electron chi connectivity index (χ0n) is 10.4. The van der Waals surface area contributed by atoms with E-state index >= 15 is 0 Å². The van der Waals surface area contributed by atoms with Gasteiger partial charge in [0.25, 0.3) is 0 Å². The second-order valence-electron chi connectivity index (χ2n) is 4.86. The van der Waals surface area contributed by atoms with E-state index in [9.17, 15) is 4.79 Å². The van der Waals surface area contributed by atoms with Gasteiger partial charge in [-0.3, -0.25) is 4.79 Å². The van der Waals surface area contributed by atoms with E-state index < -0.39 is 12.0 Å². The SMILES string of the molecule is CCCC(NC1Cc2ccc(Cl)cc2C1)C(=O)O. The van der Waals surface area contributed by atoms with Crippen molar-refractivity contribution in [2.45, 2.75) is 44.7 Å². The van der Waals surface area contributed by atoms with Crippen molar-refractivity contribution in [3.8, 4) is 0 Å². The fourth-order valence-electron chi connectivity index (χ4n) is 2.56. The third-order valence-corrected chi connectivity index (χ3v) is 3.65. The number of rotatable bonds is 5. The summed E-state index contributed by atoms with van der Waals surface area (Å²) in [6.45, 7) is 2.00. The van der Waals surface area contributed by atoms with Gasteiger partial charge < -0.3 is 10.4 Å². The summed E-state index contributed by atoms with van der Waals surface area (Å²) in [5.41, 5.74) is 2.51. The number of carbonyl (C=O) groups is 1. The maximum Gasteiger partial charge on any atom is 0.320 e. The molecular formula is C14H18ClNO2. The van der Waals surface area contributed by atoms with Gasteiger partial charge in [-0.15, -0.1) is 0 Å². The Morgan fingerprint density at radius 3 is 2.89 bits per heavy atom. The van der Waals surface area contributed by atoms with Gasteiger partial charge in [-0.2, -0.15) is 0 Å². The largest absolute Gasteiger partial charge is 0.480 e. The second kappa shape index (κ2) is 5.72.